The highest BCUT2D eigenvalue weighted by Crippen LogP contribution is 2.24. The van der Waals surface area contributed by atoms with Crippen LogP contribution >= 0.6 is 24.2 Å². The average Bonchev–Trinajstić information content (AvgIpc) is 3.20. The molecule has 0 saturated carbocycles. The van der Waals surface area contributed by atoms with E-state index in [0.29, 0.717) is 17.9 Å². The van der Waals surface area contributed by atoms with Crippen molar-refractivity contribution in [3.63, 3.8) is 0 Å². The lowest BCUT2D eigenvalue weighted by Crippen LogP contribution is -2.30. The molecule has 1 saturated heterocycles. The van der Waals surface area contributed by atoms with Crippen LogP contribution in [-0.4, -0.2) is 55.2 Å². The molecule has 1 fully saturated rings. The molecule has 5 nitrogen and oxygen atoms in total. The van der Waals surface area contributed by atoms with E-state index >= 15 is 0 Å². The second-order valence-corrected chi connectivity index (χ2v) is 7.39. The zero-order valence-electron chi connectivity index (χ0n) is 14.8. The highest BCUT2D eigenvalue weighted by molar-refractivity contribution is 8.00. The molecule has 1 aromatic carbocycles. The van der Waals surface area contributed by atoms with Crippen LogP contribution in [0, 0.1) is 0 Å². The van der Waals surface area contributed by atoms with Gasteiger partial charge in [-0.2, -0.15) is 0 Å². The Bertz CT molecular complexity index is 660. The Balaban J connectivity index is 0.00000243. The van der Waals surface area contributed by atoms with Crippen LogP contribution in [0.15, 0.2) is 40.8 Å². The third-order valence-corrected chi connectivity index (χ3v) is 5.63. The molecule has 0 radical (unpaired) electrons. The van der Waals surface area contributed by atoms with Gasteiger partial charge in [-0.1, -0.05) is 23.8 Å². The molecular weight excluding hydrogens is 370 g/mol. The van der Waals surface area contributed by atoms with Gasteiger partial charge in [0.1, 0.15) is 0 Å². The maximum atomic E-state index is 12.5. The zero-order chi connectivity index (χ0) is 17.5. The van der Waals surface area contributed by atoms with E-state index in [0.717, 1.165) is 50.3 Å². The number of nitrogens with zero attached hydrogens (tertiary/aromatic N) is 1. The molecule has 2 aliphatic rings. The van der Waals surface area contributed by atoms with Gasteiger partial charge in [-0.05, 0) is 37.9 Å². The van der Waals surface area contributed by atoms with Crippen LogP contribution in [0.25, 0.3) is 0 Å². The van der Waals surface area contributed by atoms with Crippen LogP contribution in [0.4, 0.5) is 0 Å². The number of hydrogen-bond acceptors (Lipinski definition) is 4. The van der Waals surface area contributed by atoms with E-state index in [9.17, 15) is 9.59 Å². The Hall–Kier alpha value is -1.50. The highest BCUT2D eigenvalue weighted by Gasteiger charge is 2.19. The summed E-state index contributed by atoms with van der Waals surface area (Å²) in [6.07, 6.45) is 5.31. The van der Waals surface area contributed by atoms with Crippen molar-refractivity contribution in [3.05, 3.63) is 41.5 Å². The minimum atomic E-state index is -0.0730. The van der Waals surface area contributed by atoms with Gasteiger partial charge in [0.25, 0.3) is 5.91 Å². The Morgan fingerprint density at radius 3 is 2.69 bits per heavy atom. The zero-order valence-corrected chi connectivity index (χ0v) is 16.5. The molecule has 3 rings (SSSR count). The number of thioether (sulfide) groups is 1. The topological polar surface area (TPSA) is 61.4 Å². The molecule has 142 valence electrons. The van der Waals surface area contributed by atoms with Gasteiger partial charge in [-0.3, -0.25) is 9.59 Å². The van der Waals surface area contributed by atoms with Gasteiger partial charge in [0, 0.05) is 31.1 Å². The lowest BCUT2D eigenvalue weighted by molar-refractivity contribution is -0.127. The Morgan fingerprint density at radius 2 is 1.96 bits per heavy atom. The summed E-state index contributed by atoms with van der Waals surface area (Å²) in [5.41, 5.74) is 1.91. The number of benzene rings is 1. The normalized spacial score (nSPS) is 16.6. The number of likely N-dealkylation sites (tertiary alicyclic amines) is 1. The number of amides is 2. The first-order valence-corrected chi connectivity index (χ1v) is 9.89. The van der Waals surface area contributed by atoms with Gasteiger partial charge < -0.3 is 15.5 Å². The number of halogens is 1. The van der Waals surface area contributed by atoms with Crippen LogP contribution in [0.5, 0.6) is 0 Å². The summed E-state index contributed by atoms with van der Waals surface area (Å²) in [4.78, 5) is 27.6. The van der Waals surface area contributed by atoms with Gasteiger partial charge >= 0.3 is 0 Å². The van der Waals surface area contributed by atoms with Crippen molar-refractivity contribution in [2.75, 3.05) is 38.5 Å². The van der Waals surface area contributed by atoms with Crippen molar-refractivity contribution >= 4 is 36.0 Å². The fourth-order valence-electron chi connectivity index (χ4n) is 3.10. The molecule has 2 amide bonds. The van der Waals surface area contributed by atoms with E-state index < -0.39 is 0 Å². The first-order chi connectivity index (χ1) is 12.2. The fraction of sp³-hybridized carbons (Fsp3) is 0.474. The quantitative estimate of drug-likeness (QED) is 0.573. The van der Waals surface area contributed by atoms with E-state index in [1.165, 1.54) is 17.3 Å². The summed E-state index contributed by atoms with van der Waals surface area (Å²) in [6.45, 7) is 4.16. The third-order valence-electron chi connectivity index (χ3n) is 4.58. The van der Waals surface area contributed by atoms with Crippen molar-refractivity contribution in [2.24, 2.45) is 0 Å². The Kier molecular flexibility index (Phi) is 8.48. The number of hydrogen-bond donors (Lipinski definition) is 2. The molecule has 0 unspecified atom stereocenters. The number of nitrogens with one attached hydrogen (secondary N) is 2. The lowest BCUT2D eigenvalue weighted by Gasteiger charge is -2.16. The van der Waals surface area contributed by atoms with Gasteiger partial charge in [0.15, 0.2) is 0 Å². The first kappa shape index (κ1) is 20.8. The predicted octanol–water partition coefficient (Wildman–Crippen LogP) is 2.47. The minimum absolute atomic E-state index is 0. The lowest BCUT2D eigenvalue weighted by atomic mass is 10.1. The van der Waals surface area contributed by atoms with Crippen molar-refractivity contribution in [1.82, 2.24) is 15.5 Å². The maximum Gasteiger partial charge on any atom is 0.252 e. The molecule has 7 heteroatoms. The maximum absolute atomic E-state index is 12.5. The first-order valence-electron chi connectivity index (χ1n) is 8.90. The van der Waals surface area contributed by atoms with E-state index in [1.54, 1.807) is 0 Å². The van der Waals surface area contributed by atoms with Crippen LogP contribution in [-0.2, 0) is 4.79 Å². The van der Waals surface area contributed by atoms with E-state index in [-0.39, 0.29) is 24.2 Å². The molecule has 1 aromatic rings. The molecule has 2 N–H and O–H groups in total. The summed E-state index contributed by atoms with van der Waals surface area (Å²) in [5, 5.41) is 6.27. The fourth-order valence-corrected chi connectivity index (χ4v) is 4.05. The standard InChI is InChI=1S/C19H25N3O2S.ClH/c23-18(22-11-3-4-12-22)14-25-17-6-2-1-5-16(17)19(24)21-13-15-7-9-20-10-8-15;/h1-2,5-7,20H,3-4,8-14H2,(H,21,24);1H. The Morgan fingerprint density at radius 1 is 1.19 bits per heavy atom. The number of rotatable bonds is 6. The smallest absolute Gasteiger partial charge is 0.252 e. The van der Waals surface area contributed by atoms with Crippen LogP contribution in [0.1, 0.15) is 29.6 Å². The molecule has 0 spiro atoms. The summed E-state index contributed by atoms with van der Waals surface area (Å²) >= 11 is 1.46. The molecule has 2 aliphatic heterocycles. The highest BCUT2D eigenvalue weighted by atomic mass is 35.5. The van der Waals surface area contributed by atoms with Crippen LogP contribution < -0.4 is 10.6 Å². The molecule has 0 atom stereocenters. The summed E-state index contributed by atoms with van der Waals surface area (Å²) in [7, 11) is 0. The van der Waals surface area contributed by atoms with Gasteiger partial charge in [0.2, 0.25) is 5.91 Å². The predicted molar refractivity (Wildman–Crippen MR) is 108 cm³/mol. The molecular formula is C19H26ClN3O2S. The second-order valence-electron chi connectivity index (χ2n) is 6.37. The third kappa shape index (κ3) is 5.76. The molecule has 26 heavy (non-hydrogen) atoms. The van der Waals surface area contributed by atoms with Gasteiger partial charge in [-0.25, -0.2) is 0 Å². The largest absolute Gasteiger partial charge is 0.348 e. The summed E-state index contributed by atoms with van der Waals surface area (Å²) < 4.78 is 0. The van der Waals surface area contributed by atoms with Crippen molar-refractivity contribution in [2.45, 2.75) is 24.2 Å². The molecule has 0 aromatic heterocycles. The van der Waals surface area contributed by atoms with Crippen LogP contribution in [0.3, 0.4) is 0 Å². The van der Waals surface area contributed by atoms with Crippen molar-refractivity contribution in [1.29, 1.82) is 0 Å². The van der Waals surface area contributed by atoms with Crippen molar-refractivity contribution < 1.29 is 9.59 Å². The summed E-state index contributed by atoms with van der Waals surface area (Å²) in [6, 6.07) is 7.52. The number of carbonyl (C=O) groups is 2. The molecule has 2 heterocycles. The molecule has 0 aliphatic carbocycles. The second kappa shape index (κ2) is 10.6. The summed E-state index contributed by atoms with van der Waals surface area (Å²) in [5.74, 6) is 0.481. The Labute approximate surface area is 165 Å². The SMILES string of the molecule is Cl.O=C(NCC1=CCNCC1)c1ccccc1SCC(=O)N1CCCC1. The number of carbonyl (C=O) groups excluding carboxylic acids is 2. The van der Waals surface area contributed by atoms with E-state index in [1.807, 2.05) is 29.2 Å². The van der Waals surface area contributed by atoms with Gasteiger partial charge in [-0.15, -0.1) is 24.2 Å². The van der Waals surface area contributed by atoms with Crippen LogP contribution in [0.2, 0.25) is 0 Å². The molecule has 0 bridgehead atoms. The van der Waals surface area contributed by atoms with E-state index in [4.69, 9.17) is 0 Å². The monoisotopic (exact) mass is 395 g/mol. The van der Waals surface area contributed by atoms with E-state index in [2.05, 4.69) is 16.7 Å². The minimum Gasteiger partial charge on any atom is -0.348 e. The van der Waals surface area contributed by atoms with Gasteiger partial charge in [0.05, 0.1) is 11.3 Å². The average molecular weight is 396 g/mol. The van der Waals surface area contributed by atoms with Crippen molar-refractivity contribution in [3.8, 4) is 0 Å².